The molecular weight excluding hydrogens is 432 g/mol. The predicted octanol–water partition coefficient (Wildman–Crippen LogP) is 4.15. The molecule has 1 aliphatic heterocycles. The number of piperidine rings is 1. The van der Waals surface area contributed by atoms with Gasteiger partial charge < -0.3 is 24.4 Å². The zero-order chi connectivity index (χ0) is 24.5. The summed E-state index contributed by atoms with van der Waals surface area (Å²) in [6.07, 6.45) is 2.97. The largest absolute Gasteiger partial charge is 0.493 e. The van der Waals surface area contributed by atoms with Crippen LogP contribution >= 0.6 is 0 Å². The number of hydrogen-bond donors (Lipinski definition) is 1. The average Bonchev–Trinajstić information content (AvgIpc) is 2.86. The highest BCUT2D eigenvalue weighted by atomic mass is 16.5. The highest BCUT2D eigenvalue weighted by molar-refractivity contribution is 5.94. The van der Waals surface area contributed by atoms with E-state index < -0.39 is 0 Å². The van der Waals surface area contributed by atoms with Crippen molar-refractivity contribution in [3.63, 3.8) is 0 Å². The summed E-state index contributed by atoms with van der Waals surface area (Å²) < 4.78 is 16.4. The molecule has 1 saturated heterocycles. The number of amides is 2. The van der Waals surface area contributed by atoms with Crippen LogP contribution in [0.5, 0.6) is 17.2 Å². The van der Waals surface area contributed by atoms with Gasteiger partial charge in [-0.25, -0.2) is 0 Å². The van der Waals surface area contributed by atoms with Crippen molar-refractivity contribution in [2.45, 2.75) is 39.5 Å². The number of nitrogens with zero attached hydrogens (tertiary/aromatic N) is 1. The lowest BCUT2D eigenvalue weighted by Crippen LogP contribution is -2.41. The number of carbonyl (C=O) groups excluding carboxylic acids is 2. The second kappa shape index (κ2) is 12.3. The minimum atomic E-state index is -0.136. The first-order chi connectivity index (χ1) is 16.4. The highest BCUT2D eigenvalue weighted by Gasteiger charge is 2.23. The van der Waals surface area contributed by atoms with Crippen molar-refractivity contribution in [2.75, 3.05) is 40.5 Å². The fourth-order valence-electron chi connectivity index (χ4n) is 4.29. The molecule has 1 fully saturated rings. The maximum atomic E-state index is 12.6. The number of nitrogens with one attached hydrogen (secondary N) is 1. The van der Waals surface area contributed by atoms with Gasteiger partial charge in [-0.1, -0.05) is 18.2 Å². The van der Waals surface area contributed by atoms with Crippen LogP contribution in [0.3, 0.4) is 0 Å². The van der Waals surface area contributed by atoms with Crippen LogP contribution < -0.4 is 19.5 Å². The fourth-order valence-corrected chi connectivity index (χ4v) is 4.29. The molecule has 0 radical (unpaired) electrons. The SMILES string of the molecule is COc1ccc(C(=O)NCC2CCN(C(=O)CCCOc3c(C)cccc3C)CC2)cc1OC. The number of ether oxygens (including phenoxy) is 3. The maximum Gasteiger partial charge on any atom is 0.251 e. The molecule has 1 N–H and O–H groups in total. The summed E-state index contributed by atoms with van der Waals surface area (Å²) in [5, 5.41) is 3.01. The first kappa shape index (κ1) is 25.4. The van der Waals surface area contributed by atoms with Gasteiger partial charge in [0.2, 0.25) is 5.91 Å². The number of methoxy groups -OCH3 is 2. The van der Waals surface area contributed by atoms with Crippen molar-refractivity contribution in [3.8, 4) is 17.2 Å². The summed E-state index contributed by atoms with van der Waals surface area (Å²) in [5.41, 5.74) is 2.77. The minimum Gasteiger partial charge on any atom is -0.493 e. The molecule has 2 amide bonds. The van der Waals surface area contributed by atoms with E-state index in [1.807, 2.05) is 36.9 Å². The molecular formula is C27H36N2O5. The van der Waals surface area contributed by atoms with Crippen molar-refractivity contribution in [1.82, 2.24) is 10.2 Å². The van der Waals surface area contributed by atoms with Gasteiger partial charge in [-0.2, -0.15) is 0 Å². The summed E-state index contributed by atoms with van der Waals surface area (Å²) in [5.74, 6) is 2.45. The van der Waals surface area contributed by atoms with Crippen LogP contribution in [0.25, 0.3) is 0 Å². The highest BCUT2D eigenvalue weighted by Crippen LogP contribution is 2.27. The monoisotopic (exact) mass is 468 g/mol. The molecule has 2 aromatic carbocycles. The zero-order valence-electron chi connectivity index (χ0n) is 20.7. The molecule has 34 heavy (non-hydrogen) atoms. The Morgan fingerprint density at radius 3 is 2.32 bits per heavy atom. The molecule has 0 aromatic heterocycles. The fraction of sp³-hybridized carbons (Fsp3) is 0.481. The Labute approximate surface area is 202 Å². The van der Waals surface area contributed by atoms with Crippen molar-refractivity contribution < 1.29 is 23.8 Å². The number of rotatable bonds is 10. The third-order valence-corrected chi connectivity index (χ3v) is 6.35. The number of hydrogen-bond acceptors (Lipinski definition) is 5. The first-order valence-corrected chi connectivity index (χ1v) is 11.9. The number of para-hydroxylation sites is 1. The zero-order valence-corrected chi connectivity index (χ0v) is 20.7. The normalized spacial score (nSPS) is 13.9. The molecule has 0 saturated carbocycles. The Balaban J connectivity index is 1.36. The lowest BCUT2D eigenvalue weighted by Gasteiger charge is -2.32. The summed E-state index contributed by atoms with van der Waals surface area (Å²) in [4.78, 5) is 27.1. The molecule has 184 valence electrons. The van der Waals surface area contributed by atoms with Gasteiger partial charge in [0.25, 0.3) is 5.91 Å². The van der Waals surface area contributed by atoms with Gasteiger partial charge in [0.05, 0.1) is 20.8 Å². The molecule has 0 aliphatic carbocycles. The van der Waals surface area contributed by atoms with E-state index in [0.29, 0.717) is 49.0 Å². The lowest BCUT2D eigenvalue weighted by atomic mass is 9.96. The smallest absolute Gasteiger partial charge is 0.251 e. The quantitative estimate of drug-likeness (QED) is 0.530. The van der Waals surface area contributed by atoms with Crippen LogP contribution in [0.2, 0.25) is 0 Å². The molecule has 0 atom stereocenters. The second-order valence-electron chi connectivity index (χ2n) is 8.78. The van der Waals surface area contributed by atoms with E-state index in [0.717, 1.165) is 42.8 Å². The van der Waals surface area contributed by atoms with Gasteiger partial charge in [0, 0.05) is 31.6 Å². The van der Waals surface area contributed by atoms with Crippen LogP contribution in [-0.2, 0) is 4.79 Å². The van der Waals surface area contributed by atoms with E-state index in [4.69, 9.17) is 14.2 Å². The first-order valence-electron chi connectivity index (χ1n) is 11.9. The van der Waals surface area contributed by atoms with Crippen molar-refractivity contribution in [2.24, 2.45) is 5.92 Å². The van der Waals surface area contributed by atoms with E-state index >= 15 is 0 Å². The van der Waals surface area contributed by atoms with E-state index in [-0.39, 0.29) is 11.8 Å². The van der Waals surface area contributed by atoms with Crippen LogP contribution in [0, 0.1) is 19.8 Å². The van der Waals surface area contributed by atoms with Gasteiger partial charge in [-0.15, -0.1) is 0 Å². The third kappa shape index (κ3) is 6.65. The summed E-state index contributed by atoms with van der Waals surface area (Å²) >= 11 is 0. The second-order valence-corrected chi connectivity index (χ2v) is 8.78. The number of likely N-dealkylation sites (tertiary alicyclic amines) is 1. The Morgan fingerprint density at radius 1 is 1.00 bits per heavy atom. The molecule has 1 heterocycles. The molecule has 0 bridgehead atoms. The van der Waals surface area contributed by atoms with Crippen molar-refractivity contribution in [1.29, 1.82) is 0 Å². The topological polar surface area (TPSA) is 77.1 Å². The van der Waals surface area contributed by atoms with E-state index in [1.54, 1.807) is 32.4 Å². The van der Waals surface area contributed by atoms with E-state index in [9.17, 15) is 9.59 Å². The van der Waals surface area contributed by atoms with Crippen molar-refractivity contribution >= 4 is 11.8 Å². The average molecular weight is 469 g/mol. The molecule has 0 unspecified atom stereocenters. The van der Waals surface area contributed by atoms with Gasteiger partial charge in [0.1, 0.15) is 5.75 Å². The predicted molar refractivity (Wildman–Crippen MR) is 132 cm³/mol. The van der Waals surface area contributed by atoms with Crippen LogP contribution in [0.15, 0.2) is 36.4 Å². The van der Waals surface area contributed by atoms with Gasteiger partial charge >= 0.3 is 0 Å². The summed E-state index contributed by atoms with van der Waals surface area (Å²) in [6, 6.07) is 11.2. The summed E-state index contributed by atoms with van der Waals surface area (Å²) in [6.45, 7) is 6.66. The van der Waals surface area contributed by atoms with Gasteiger partial charge in [-0.3, -0.25) is 9.59 Å². The Hall–Kier alpha value is -3.22. The number of aryl methyl sites for hydroxylation is 2. The number of carbonyl (C=O) groups is 2. The minimum absolute atomic E-state index is 0.136. The van der Waals surface area contributed by atoms with E-state index in [1.165, 1.54) is 0 Å². The number of benzene rings is 2. The molecule has 1 aliphatic rings. The van der Waals surface area contributed by atoms with Crippen LogP contribution in [-0.4, -0.2) is 57.2 Å². The van der Waals surface area contributed by atoms with E-state index in [2.05, 4.69) is 5.32 Å². The maximum absolute atomic E-state index is 12.6. The van der Waals surface area contributed by atoms with Gasteiger partial charge in [-0.05, 0) is 68.4 Å². The standard InChI is InChI=1S/C27H36N2O5/c1-19-7-5-8-20(2)26(19)34-16-6-9-25(30)29-14-12-21(13-15-29)18-28-27(31)22-10-11-23(32-3)24(17-22)33-4/h5,7-8,10-11,17,21H,6,9,12-16,18H2,1-4H3,(H,28,31). The Kier molecular flexibility index (Phi) is 9.19. The lowest BCUT2D eigenvalue weighted by molar-refractivity contribution is -0.132. The van der Waals surface area contributed by atoms with Crippen molar-refractivity contribution in [3.05, 3.63) is 53.1 Å². The van der Waals surface area contributed by atoms with Crippen LogP contribution in [0.1, 0.15) is 47.2 Å². The molecule has 7 heteroatoms. The molecule has 7 nitrogen and oxygen atoms in total. The van der Waals surface area contributed by atoms with Crippen LogP contribution in [0.4, 0.5) is 0 Å². The molecule has 0 spiro atoms. The molecule has 3 rings (SSSR count). The van der Waals surface area contributed by atoms with Gasteiger partial charge in [0.15, 0.2) is 11.5 Å². The Bertz CT molecular complexity index is 963. The summed E-state index contributed by atoms with van der Waals surface area (Å²) in [7, 11) is 3.11. The third-order valence-electron chi connectivity index (χ3n) is 6.35. The Morgan fingerprint density at radius 2 is 1.68 bits per heavy atom. The molecule has 2 aromatic rings.